The van der Waals surface area contributed by atoms with E-state index in [1.165, 1.54) is 0 Å². The van der Waals surface area contributed by atoms with Crippen LogP contribution in [0.3, 0.4) is 0 Å². The topological polar surface area (TPSA) is 42.0 Å². The van der Waals surface area contributed by atoms with Gasteiger partial charge in [0.15, 0.2) is 0 Å². The molecule has 0 spiro atoms. The van der Waals surface area contributed by atoms with Gasteiger partial charge in [-0.05, 0) is 38.6 Å². The van der Waals surface area contributed by atoms with E-state index < -0.39 is 0 Å². The molecular formula is C8H14O3S. The van der Waals surface area contributed by atoms with Gasteiger partial charge in [0, 0.05) is 6.61 Å². The Morgan fingerprint density at radius 2 is 2.42 bits per heavy atom. The molecule has 1 aliphatic carbocycles. The van der Waals surface area contributed by atoms with Gasteiger partial charge in [0.05, 0.1) is 6.10 Å². The molecule has 2 fully saturated rings. The number of hydrogen-bond acceptors (Lipinski definition) is 4. The van der Waals surface area contributed by atoms with E-state index in [0.717, 1.165) is 12.8 Å². The van der Waals surface area contributed by atoms with Crippen LogP contribution in [0, 0.1) is 5.92 Å². The second-order valence-corrected chi connectivity index (χ2v) is 4.12. The molecule has 0 aromatic rings. The van der Waals surface area contributed by atoms with Crippen LogP contribution in [-0.4, -0.2) is 29.5 Å². The number of ether oxygens (including phenoxy) is 1. The Balaban J connectivity index is 2.02. The molecule has 12 heavy (non-hydrogen) atoms. The van der Waals surface area contributed by atoms with Gasteiger partial charge in [0.2, 0.25) is 0 Å². The van der Waals surface area contributed by atoms with E-state index in [4.69, 9.17) is 14.0 Å². The molecule has 1 heterocycles. The Kier molecular flexibility index (Phi) is 2.11. The van der Waals surface area contributed by atoms with Crippen molar-refractivity contribution in [2.45, 2.75) is 37.6 Å². The van der Waals surface area contributed by atoms with Gasteiger partial charge in [-0.3, -0.25) is 0 Å². The molecule has 3 nitrogen and oxygen atoms in total. The minimum atomic E-state index is -0.118. The van der Waals surface area contributed by atoms with Gasteiger partial charge >= 0.3 is 0 Å². The van der Waals surface area contributed by atoms with E-state index in [2.05, 4.69) is 12.9 Å². The van der Waals surface area contributed by atoms with Crippen molar-refractivity contribution in [3.8, 4) is 0 Å². The van der Waals surface area contributed by atoms with Gasteiger partial charge < -0.3 is 14.0 Å². The molecule has 4 atom stereocenters. The Hall–Kier alpha value is 0.230. The van der Waals surface area contributed by atoms with Crippen LogP contribution in [0.2, 0.25) is 0 Å². The third-order valence-electron chi connectivity index (χ3n) is 3.10. The molecule has 0 amide bonds. The van der Waals surface area contributed by atoms with Crippen LogP contribution in [0.25, 0.3) is 0 Å². The molecule has 0 bridgehead atoms. The SMILES string of the molecule is C[C@@]12O[C@@H]1C[C@H](CO)C[C@@H]2OS. The molecule has 4 heteroatoms. The quantitative estimate of drug-likeness (QED) is 0.384. The van der Waals surface area contributed by atoms with E-state index in [1.54, 1.807) is 0 Å². The Morgan fingerprint density at radius 3 is 3.00 bits per heavy atom. The van der Waals surface area contributed by atoms with Crippen LogP contribution >= 0.6 is 12.9 Å². The lowest BCUT2D eigenvalue weighted by Gasteiger charge is -2.27. The van der Waals surface area contributed by atoms with E-state index in [1.807, 2.05) is 6.92 Å². The van der Waals surface area contributed by atoms with Gasteiger partial charge in [0.25, 0.3) is 0 Å². The maximum Gasteiger partial charge on any atom is 0.119 e. The monoisotopic (exact) mass is 190 g/mol. The number of aliphatic hydroxyl groups excluding tert-OH is 1. The van der Waals surface area contributed by atoms with Crippen molar-refractivity contribution in [1.29, 1.82) is 0 Å². The first-order valence-electron chi connectivity index (χ1n) is 4.29. The first-order chi connectivity index (χ1) is 5.70. The normalized spacial score (nSPS) is 51.8. The van der Waals surface area contributed by atoms with Crippen molar-refractivity contribution in [1.82, 2.24) is 0 Å². The molecule has 1 N–H and O–H groups in total. The highest BCUT2D eigenvalue weighted by molar-refractivity contribution is 7.75. The maximum atomic E-state index is 8.99. The lowest BCUT2D eigenvalue weighted by Crippen LogP contribution is -2.37. The van der Waals surface area contributed by atoms with Crippen molar-refractivity contribution in [2.75, 3.05) is 6.61 Å². The van der Waals surface area contributed by atoms with Crippen molar-refractivity contribution >= 4 is 12.9 Å². The van der Waals surface area contributed by atoms with Gasteiger partial charge in [-0.25, -0.2) is 0 Å². The lowest BCUT2D eigenvalue weighted by atomic mass is 9.81. The summed E-state index contributed by atoms with van der Waals surface area (Å²) in [5.74, 6) is 0.322. The first-order valence-corrected chi connectivity index (χ1v) is 4.66. The molecule has 1 saturated heterocycles. The number of thiol groups is 1. The van der Waals surface area contributed by atoms with Gasteiger partial charge in [0.1, 0.15) is 11.7 Å². The van der Waals surface area contributed by atoms with Crippen molar-refractivity contribution in [3.05, 3.63) is 0 Å². The fourth-order valence-electron chi connectivity index (χ4n) is 2.07. The van der Waals surface area contributed by atoms with Gasteiger partial charge in [-0.15, -0.1) is 0 Å². The third-order valence-corrected chi connectivity index (χ3v) is 3.35. The predicted octanol–water partition coefficient (Wildman–Crippen LogP) is 0.776. The molecule has 0 aromatic carbocycles. The standard InChI is InChI=1S/C8H14O3S/c1-8-6(10-8)2-5(4-9)3-7(8)11-12/h5-7,9,12H,2-4H2,1H3/t5-,6+,7-,8+/m0/s1. The maximum absolute atomic E-state index is 8.99. The molecule has 2 rings (SSSR count). The highest BCUT2D eigenvalue weighted by Crippen LogP contribution is 2.50. The highest BCUT2D eigenvalue weighted by atomic mass is 32.1. The van der Waals surface area contributed by atoms with E-state index in [9.17, 15) is 0 Å². The largest absolute Gasteiger partial charge is 0.396 e. The molecule has 1 aliphatic heterocycles. The Labute approximate surface area is 77.7 Å². The summed E-state index contributed by atoms with van der Waals surface area (Å²) < 4.78 is 10.6. The van der Waals surface area contributed by atoms with Crippen LogP contribution < -0.4 is 0 Å². The summed E-state index contributed by atoms with van der Waals surface area (Å²) in [6.45, 7) is 2.27. The van der Waals surface area contributed by atoms with E-state index >= 15 is 0 Å². The van der Waals surface area contributed by atoms with Gasteiger partial charge in [-0.2, -0.15) is 0 Å². The summed E-state index contributed by atoms with van der Waals surface area (Å²) in [6.07, 6.45) is 2.13. The fourth-order valence-corrected chi connectivity index (χ4v) is 2.37. The van der Waals surface area contributed by atoms with Crippen LogP contribution in [0.5, 0.6) is 0 Å². The van der Waals surface area contributed by atoms with Crippen LogP contribution in [0.15, 0.2) is 0 Å². The molecule has 2 aliphatic rings. The van der Waals surface area contributed by atoms with Crippen molar-refractivity contribution in [3.63, 3.8) is 0 Å². The summed E-state index contributed by atoms with van der Waals surface area (Å²) in [5, 5.41) is 8.99. The third kappa shape index (κ3) is 1.18. The number of fused-ring (bicyclic) bond motifs is 1. The minimum absolute atomic E-state index is 0.0386. The smallest absolute Gasteiger partial charge is 0.119 e. The zero-order valence-corrected chi connectivity index (χ0v) is 7.96. The molecular weight excluding hydrogens is 176 g/mol. The summed E-state index contributed by atoms with van der Waals surface area (Å²) in [6, 6.07) is 0. The summed E-state index contributed by atoms with van der Waals surface area (Å²) >= 11 is 3.82. The average molecular weight is 190 g/mol. The number of hydrogen-bond donors (Lipinski definition) is 2. The molecule has 0 aromatic heterocycles. The number of aliphatic hydroxyl groups is 1. The average Bonchev–Trinajstić information content (AvgIpc) is 2.74. The Morgan fingerprint density at radius 1 is 1.67 bits per heavy atom. The minimum Gasteiger partial charge on any atom is -0.396 e. The first kappa shape index (κ1) is 8.81. The summed E-state index contributed by atoms with van der Waals surface area (Å²) in [7, 11) is 0. The van der Waals surface area contributed by atoms with Crippen LogP contribution in [0.1, 0.15) is 19.8 Å². The van der Waals surface area contributed by atoms with Crippen LogP contribution in [0.4, 0.5) is 0 Å². The van der Waals surface area contributed by atoms with Crippen molar-refractivity contribution < 1.29 is 14.0 Å². The summed E-state index contributed by atoms with van der Waals surface area (Å²) in [5.41, 5.74) is -0.118. The van der Waals surface area contributed by atoms with Crippen LogP contribution in [-0.2, 0) is 8.92 Å². The number of epoxide rings is 1. The molecule has 70 valence electrons. The second-order valence-electron chi connectivity index (χ2n) is 3.90. The Bertz CT molecular complexity index is 187. The van der Waals surface area contributed by atoms with Gasteiger partial charge in [-0.1, -0.05) is 0 Å². The lowest BCUT2D eigenvalue weighted by molar-refractivity contribution is 0.0844. The fraction of sp³-hybridized carbons (Fsp3) is 1.00. The summed E-state index contributed by atoms with van der Waals surface area (Å²) in [4.78, 5) is 0. The highest BCUT2D eigenvalue weighted by Gasteiger charge is 2.61. The molecule has 0 radical (unpaired) electrons. The second kappa shape index (κ2) is 2.87. The predicted molar refractivity (Wildman–Crippen MR) is 46.9 cm³/mol. The van der Waals surface area contributed by atoms with E-state index in [0.29, 0.717) is 5.92 Å². The van der Waals surface area contributed by atoms with E-state index in [-0.39, 0.29) is 24.4 Å². The molecule has 1 saturated carbocycles. The molecule has 0 unspecified atom stereocenters. The van der Waals surface area contributed by atoms with Crippen molar-refractivity contribution in [2.24, 2.45) is 5.92 Å². The zero-order chi connectivity index (χ0) is 8.77. The zero-order valence-electron chi connectivity index (χ0n) is 7.06. The number of rotatable bonds is 2.